The van der Waals surface area contributed by atoms with Crippen LogP contribution in [0.25, 0.3) is 0 Å². The summed E-state index contributed by atoms with van der Waals surface area (Å²) in [5.41, 5.74) is 5.45. The number of guanidine groups is 1. The molecule has 4 atom stereocenters. The first-order valence-corrected chi connectivity index (χ1v) is 11.5. The first kappa shape index (κ1) is 21.2. The number of carbonyl (C=O) groups excluding carboxylic acids is 1. The number of benzene rings is 1. The number of pyridine rings is 1. The lowest BCUT2D eigenvalue weighted by Gasteiger charge is -2.42. The van der Waals surface area contributed by atoms with E-state index in [0.29, 0.717) is 18.5 Å². The molecule has 0 bridgehead atoms. The van der Waals surface area contributed by atoms with E-state index in [1.807, 2.05) is 6.92 Å². The van der Waals surface area contributed by atoms with Gasteiger partial charge in [-0.3, -0.25) is 9.10 Å². The van der Waals surface area contributed by atoms with E-state index in [1.54, 1.807) is 7.05 Å². The van der Waals surface area contributed by atoms with Crippen molar-refractivity contribution >= 4 is 33.1 Å². The Labute approximate surface area is 179 Å². The standard InChI is InChI=1S/C21H23F2N5O2S/c1-12-8-18-21(10-12,27-20(24)28(2)31(18,3)30)15-9-14(5-6-16(15)23)26-19(29)17-7-4-13(22)11-25-17/h4-7,9,11-12,18H,3,8,10H2,1-2H3,(H2,24,27)(H,26,29). The monoisotopic (exact) mass is 447 g/mol. The fourth-order valence-corrected chi connectivity index (χ4v) is 6.74. The van der Waals surface area contributed by atoms with Crippen LogP contribution < -0.4 is 11.1 Å². The molecule has 10 heteroatoms. The fraction of sp³-hybridized carbons (Fsp3) is 0.333. The molecule has 1 amide bonds. The van der Waals surface area contributed by atoms with Crippen LogP contribution in [-0.2, 0) is 15.2 Å². The summed E-state index contributed by atoms with van der Waals surface area (Å²) in [6.45, 7) is 1.99. The second-order valence-corrected chi connectivity index (χ2v) is 10.6. The van der Waals surface area contributed by atoms with Crippen LogP contribution in [0.4, 0.5) is 14.5 Å². The van der Waals surface area contributed by atoms with Gasteiger partial charge >= 0.3 is 0 Å². The largest absolute Gasteiger partial charge is 0.369 e. The highest BCUT2D eigenvalue weighted by molar-refractivity contribution is 7.99. The van der Waals surface area contributed by atoms with Crippen LogP contribution >= 0.6 is 0 Å². The number of nitrogens with two attached hydrogens (primary N) is 1. The Hall–Kier alpha value is -3.01. The zero-order valence-electron chi connectivity index (χ0n) is 17.1. The van der Waals surface area contributed by atoms with Gasteiger partial charge in [0.2, 0.25) is 5.96 Å². The molecule has 1 aliphatic carbocycles. The molecule has 0 saturated heterocycles. The average molecular weight is 448 g/mol. The minimum Gasteiger partial charge on any atom is -0.369 e. The Morgan fingerprint density at radius 3 is 2.77 bits per heavy atom. The molecular formula is C21H23F2N5O2S. The number of hydrogen-bond acceptors (Lipinski definition) is 5. The molecule has 3 N–H and O–H groups in total. The second kappa shape index (κ2) is 7.30. The zero-order valence-corrected chi connectivity index (χ0v) is 18.0. The number of aliphatic imine (C=N–C) groups is 1. The van der Waals surface area contributed by atoms with Gasteiger partial charge in [0.05, 0.1) is 21.2 Å². The van der Waals surface area contributed by atoms with Crippen LogP contribution in [0.15, 0.2) is 41.5 Å². The van der Waals surface area contributed by atoms with Gasteiger partial charge in [0.15, 0.2) is 0 Å². The van der Waals surface area contributed by atoms with Gasteiger partial charge in [-0.2, -0.15) is 0 Å². The molecule has 2 aliphatic rings. The molecule has 4 unspecified atom stereocenters. The van der Waals surface area contributed by atoms with Gasteiger partial charge in [-0.25, -0.2) is 23.0 Å². The van der Waals surface area contributed by atoms with E-state index < -0.39 is 38.0 Å². The van der Waals surface area contributed by atoms with Crippen molar-refractivity contribution in [3.05, 3.63) is 59.4 Å². The Morgan fingerprint density at radius 1 is 1.35 bits per heavy atom. The van der Waals surface area contributed by atoms with Crippen LogP contribution in [0.1, 0.15) is 35.8 Å². The van der Waals surface area contributed by atoms with E-state index in [9.17, 15) is 13.4 Å². The summed E-state index contributed by atoms with van der Waals surface area (Å²) in [5.74, 6) is 2.41. The second-order valence-electron chi connectivity index (χ2n) is 8.13. The smallest absolute Gasteiger partial charge is 0.274 e. The number of nitrogens with one attached hydrogen (secondary N) is 1. The number of halogens is 2. The van der Waals surface area contributed by atoms with Crippen molar-refractivity contribution in [3.63, 3.8) is 0 Å². The molecule has 7 nitrogen and oxygen atoms in total. The number of amides is 1. The van der Waals surface area contributed by atoms with Crippen molar-refractivity contribution in [1.29, 1.82) is 0 Å². The van der Waals surface area contributed by atoms with Crippen LogP contribution in [0.5, 0.6) is 0 Å². The predicted octanol–water partition coefficient (Wildman–Crippen LogP) is 2.50. The van der Waals surface area contributed by atoms with Crippen LogP contribution in [0.2, 0.25) is 0 Å². The molecule has 0 radical (unpaired) electrons. The number of aromatic nitrogens is 1. The van der Waals surface area contributed by atoms with E-state index in [1.165, 1.54) is 28.6 Å². The van der Waals surface area contributed by atoms with Gasteiger partial charge in [0, 0.05) is 18.3 Å². The first-order chi connectivity index (χ1) is 14.5. The number of hydrogen-bond donors (Lipinski definition) is 2. The van der Waals surface area contributed by atoms with E-state index in [-0.39, 0.29) is 23.1 Å². The third kappa shape index (κ3) is 3.44. The van der Waals surface area contributed by atoms with Crippen molar-refractivity contribution in [2.24, 2.45) is 16.6 Å². The molecule has 2 aromatic rings. The number of fused-ring (bicyclic) bond motifs is 1. The van der Waals surface area contributed by atoms with E-state index in [0.717, 1.165) is 12.3 Å². The molecule has 164 valence electrons. The highest BCUT2D eigenvalue weighted by Gasteiger charge is 2.56. The average Bonchev–Trinajstić information content (AvgIpc) is 3.06. The normalized spacial score (nSPS) is 29.9. The molecule has 1 aliphatic heterocycles. The van der Waals surface area contributed by atoms with E-state index in [2.05, 4.69) is 21.2 Å². The third-order valence-corrected chi connectivity index (χ3v) is 8.59. The topological polar surface area (TPSA) is 101 Å². The van der Waals surface area contributed by atoms with E-state index >= 15 is 4.39 Å². The summed E-state index contributed by atoms with van der Waals surface area (Å²) in [5, 5.41) is 2.11. The minimum absolute atomic E-state index is 0.0140. The molecule has 1 aromatic carbocycles. The number of nitrogens with zero attached hydrogens (tertiary/aromatic N) is 3. The Kier molecular flexibility index (Phi) is 5.00. The highest BCUT2D eigenvalue weighted by atomic mass is 32.2. The molecule has 1 saturated carbocycles. The lowest BCUT2D eigenvalue weighted by Crippen LogP contribution is -2.55. The zero-order chi connectivity index (χ0) is 22.6. The molecule has 1 aromatic heterocycles. The van der Waals surface area contributed by atoms with Gasteiger partial charge in [-0.15, -0.1) is 0 Å². The van der Waals surface area contributed by atoms with Crippen molar-refractivity contribution < 1.29 is 17.8 Å². The Balaban J connectivity index is 1.77. The molecular weight excluding hydrogens is 424 g/mol. The van der Waals surface area contributed by atoms with Crippen molar-refractivity contribution in [1.82, 2.24) is 9.29 Å². The van der Waals surface area contributed by atoms with E-state index in [4.69, 9.17) is 5.73 Å². The maximum Gasteiger partial charge on any atom is 0.274 e. The quantitative estimate of drug-likeness (QED) is 0.706. The molecule has 1 fully saturated rings. The predicted molar refractivity (Wildman–Crippen MR) is 117 cm³/mol. The summed E-state index contributed by atoms with van der Waals surface area (Å²) >= 11 is 0. The van der Waals surface area contributed by atoms with Gasteiger partial charge in [0.1, 0.15) is 22.9 Å². The van der Waals surface area contributed by atoms with Crippen molar-refractivity contribution in [3.8, 4) is 0 Å². The SMILES string of the molecule is C=S1(=O)C2CC(C)CC2(c2cc(NC(=O)c3ccc(F)cn3)ccc2F)N=C(N)N1C. The van der Waals surface area contributed by atoms with Crippen LogP contribution in [0, 0.1) is 17.6 Å². The Bertz CT molecular complexity index is 1180. The van der Waals surface area contributed by atoms with Crippen molar-refractivity contribution in [2.75, 3.05) is 12.4 Å². The fourth-order valence-electron chi connectivity index (χ4n) is 4.49. The maximum atomic E-state index is 15.1. The number of carbonyl (C=O) groups is 1. The highest BCUT2D eigenvalue weighted by Crippen LogP contribution is 2.52. The minimum atomic E-state index is -2.85. The summed E-state index contributed by atoms with van der Waals surface area (Å²) < 4.78 is 43.0. The van der Waals surface area contributed by atoms with Gasteiger partial charge < -0.3 is 11.1 Å². The molecule has 31 heavy (non-hydrogen) atoms. The summed E-state index contributed by atoms with van der Waals surface area (Å²) in [4.78, 5) is 20.8. The maximum absolute atomic E-state index is 15.1. The first-order valence-electron chi connectivity index (χ1n) is 9.73. The summed E-state index contributed by atoms with van der Waals surface area (Å²) in [7, 11) is -1.28. The van der Waals surface area contributed by atoms with Crippen LogP contribution in [0.3, 0.4) is 0 Å². The van der Waals surface area contributed by atoms with Gasteiger partial charge in [0.25, 0.3) is 5.91 Å². The van der Waals surface area contributed by atoms with Crippen molar-refractivity contribution in [2.45, 2.75) is 30.6 Å². The van der Waals surface area contributed by atoms with Gasteiger partial charge in [-0.1, -0.05) is 6.92 Å². The summed E-state index contributed by atoms with van der Waals surface area (Å²) in [6, 6.07) is 6.50. The molecule has 2 heterocycles. The molecule has 0 spiro atoms. The third-order valence-electron chi connectivity index (χ3n) is 6.00. The summed E-state index contributed by atoms with van der Waals surface area (Å²) in [6.07, 6.45) is 1.95. The lowest BCUT2D eigenvalue weighted by molar-refractivity contribution is 0.102. The molecule has 4 rings (SSSR count). The number of anilines is 1. The Morgan fingerprint density at radius 2 is 2.10 bits per heavy atom. The number of rotatable bonds is 3. The lowest BCUT2D eigenvalue weighted by atomic mass is 9.86. The van der Waals surface area contributed by atoms with Crippen LogP contribution in [-0.4, -0.2) is 43.5 Å². The van der Waals surface area contributed by atoms with Gasteiger partial charge in [-0.05, 0) is 55.0 Å².